The van der Waals surface area contributed by atoms with Gasteiger partial charge < -0.3 is 4.90 Å². The van der Waals surface area contributed by atoms with E-state index in [1.165, 1.54) is 0 Å². The molecule has 0 spiro atoms. The topological polar surface area (TPSA) is 20.3 Å². The molecule has 0 bridgehead atoms. The van der Waals surface area contributed by atoms with Crippen LogP contribution in [0.1, 0.15) is 13.8 Å². The first kappa shape index (κ1) is 7.32. The van der Waals surface area contributed by atoms with Gasteiger partial charge in [-0.3, -0.25) is 4.79 Å². The van der Waals surface area contributed by atoms with Crippen LogP contribution in [0.3, 0.4) is 0 Å². The van der Waals surface area contributed by atoms with E-state index in [1.807, 2.05) is 18.7 Å². The van der Waals surface area contributed by atoms with Crippen LogP contribution >= 0.6 is 0 Å². The SMILES string of the molecule is C=C1C(=O)N(CC)CC1C. The van der Waals surface area contributed by atoms with Crippen molar-refractivity contribution in [3.05, 3.63) is 12.2 Å². The molecule has 1 fully saturated rings. The summed E-state index contributed by atoms with van der Waals surface area (Å²) in [6, 6.07) is 0. The summed E-state index contributed by atoms with van der Waals surface area (Å²) >= 11 is 0. The summed E-state index contributed by atoms with van der Waals surface area (Å²) < 4.78 is 0. The van der Waals surface area contributed by atoms with Crippen LogP contribution in [0.2, 0.25) is 0 Å². The van der Waals surface area contributed by atoms with Gasteiger partial charge in [0.1, 0.15) is 0 Å². The molecule has 0 aromatic carbocycles. The van der Waals surface area contributed by atoms with Gasteiger partial charge in [-0.05, 0) is 6.92 Å². The number of nitrogens with zero attached hydrogens (tertiary/aromatic N) is 1. The Morgan fingerprint density at radius 3 is 2.60 bits per heavy atom. The van der Waals surface area contributed by atoms with Crippen molar-refractivity contribution in [2.75, 3.05) is 13.1 Å². The molecular weight excluding hydrogens is 126 g/mol. The molecule has 2 nitrogen and oxygen atoms in total. The van der Waals surface area contributed by atoms with Crippen LogP contribution in [0.4, 0.5) is 0 Å². The lowest BCUT2D eigenvalue weighted by molar-refractivity contribution is -0.124. The normalized spacial score (nSPS) is 26.2. The molecule has 1 amide bonds. The van der Waals surface area contributed by atoms with Gasteiger partial charge in [0.2, 0.25) is 5.91 Å². The van der Waals surface area contributed by atoms with Crippen molar-refractivity contribution in [2.24, 2.45) is 5.92 Å². The minimum absolute atomic E-state index is 0.134. The fourth-order valence-electron chi connectivity index (χ4n) is 1.21. The predicted octanol–water partition coefficient (Wildman–Crippen LogP) is 1.04. The van der Waals surface area contributed by atoms with Gasteiger partial charge in [0, 0.05) is 24.6 Å². The van der Waals surface area contributed by atoms with Crippen molar-refractivity contribution in [2.45, 2.75) is 13.8 Å². The van der Waals surface area contributed by atoms with Crippen molar-refractivity contribution in [1.29, 1.82) is 0 Å². The molecule has 1 aliphatic heterocycles. The zero-order valence-electron chi connectivity index (χ0n) is 6.55. The molecule has 0 aromatic heterocycles. The van der Waals surface area contributed by atoms with Crippen molar-refractivity contribution < 1.29 is 4.79 Å². The average molecular weight is 139 g/mol. The lowest BCUT2D eigenvalue weighted by Gasteiger charge is -2.10. The highest BCUT2D eigenvalue weighted by Gasteiger charge is 2.28. The van der Waals surface area contributed by atoms with Gasteiger partial charge in [-0.2, -0.15) is 0 Å². The third kappa shape index (κ3) is 0.939. The van der Waals surface area contributed by atoms with Gasteiger partial charge >= 0.3 is 0 Å². The van der Waals surface area contributed by atoms with Crippen molar-refractivity contribution in [3.8, 4) is 0 Å². The van der Waals surface area contributed by atoms with Crippen LogP contribution in [0, 0.1) is 5.92 Å². The molecule has 10 heavy (non-hydrogen) atoms. The highest BCUT2D eigenvalue weighted by Crippen LogP contribution is 2.20. The molecule has 1 heterocycles. The average Bonchev–Trinajstić information content (AvgIpc) is 2.17. The van der Waals surface area contributed by atoms with Crippen LogP contribution in [-0.2, 0) is 4.79 Å². The Morgan fingerprint density at radius 1 is 1.80 bits per heavy atom. The number of rotatable bonds is 1. The van der Waals surface area contributed by atoms with Crippen molar-refractivity contribution >= 4 is 5.91 Å². The van der Waals surface area contributed by atoms with E-state index in [9.17, 15) is 4.79 Å². The van der Waals surface area contributed by atoms with Gasteiger partial charge in [0.05, 0.1) is 0 Å². The Kier molecular flexibility index (Phi) is 1.79. The summed E-state index contributed by atoms with van der Waals surface area (Å²) in [6.45, 7) is 9.41. The Morgan fingerprint density at radius 2 is 2.40 bits per heavy atom. The summed E-state index contributed by atoms with van der Waals surface area (Å²) in [5.41, 5.74) is 0.766. The highest BCUT2D eigenvalue weighted by molar-refractivity contribution is 5.95. The number of amides is 1. The van der Waals surface area contributed by atoms with E-state index in [0.29, 0.717) is 5.92 Å². The highest BCUT2D eigenvalue weighted by atomic mass is 16.2. The summed E-state index contributed by atoms with van der Waals surface area (Å²) in [7, 11) is 0. The third-order valence-electron chi connectivity index (χ3n) is 2.03. The van der Waals surface area contributed by atoms with E-state index in [2.05, 4.69) is 6.58 Å². The molecule has 1 atom stereocenters. The molecule has 1 aliphatic rings. The van der Waals surface area contributed by atoms with E-state index >= 15 is 0 Å². The Hall–Kier alpha value is -0.790. The summed E-state index contributed by atoms with van der Waals surface area (Å²) in [6.07, 6.45) is 0. The van der Waals surface area contributed by atoms with Crippen LogP contribution in [-0.4, -0.2) is 23.9 Å². The van der Waals surface area contributed by atoms with Crippen molar-refractivity contribution in [3.63, 3.8) is 0 Å². The van der Waals surface area contributed by atoms with Gasteiger partial charge in [-0.1, -0.05) is 13.5 Å². The molecule has 0 N–H and O–H groups in total. The molecule has 0 radical (unpaired) electrons. The summed E-state index contributed by atoms with van der Waals surface area (Å²) in [5.74, 6) is 0.488. The minimum Gasteiger partial charge on any atom is -0.339 e. The molecule has 0 aliphatic carbocycles. The number of hydrogen-bond donors (Lipinski definition) is 0. The fourth-order valence-corrected chi connectivity index (χ4v) is 1.21. The maximum atomic E-state index is 11.2. The van der Waals surface area contributed by atoms with Gasteiger partial charge in [0.25, 0.3) is 0 Å². The van der Waals surface area contributed by atoms with E-state index < -0.39 is 0 Å². The lowest BCUT2D eigenvalue weighted by Crippen LogP contribution is -2.24. The second-order valence-corrected chi connectivity index (χ2v) is 2.77. The third-order valence-corrected chi connectivity index (χ3v) is 2.03. The van der Waals surface area contributed by atoms with Crippen LogP contribution in [0.25, 0.3) is 0 Å². The second kappa shape index (κ2) is 2.45. The summed E-state index contributed by atoms with van der Waals surface area (Å²) in [4.78, 5) is 13.0. The van der Waals surface area contributed by atoms with Gasteiger partial charge in [-0.15, -0.1) is 0 Å². The maximum absolute atomic E-state index is 11.2. The molecule has 2 heteroatoms. The number of carbonyl (C=O) groups is 1. The van der Waals surface area contributed by atoms with Crippen LogP contribution in [0.5, 0.6) is 0 Å². The van der Waals surface area contributed by atoms with E-state index in [4.69, 9.17) is 0 Å². The number of hydrogen-bond acceptors (Lipinski definition) is 1. The molecule has 1 unspecified atom stereocenters. The van der Waals surface area contributed by atoms with Gasteiger partial charge in [0.15, 0.2) is 0 Å². The first-order valence-electron chi connectivity index (χ1n) is 3.65. The molecule has 0 aromatic rings. The monoisotopic (exact) mass is 139 g/mol. The largest absolute Gasteiger partial charge is 0.339 e. The van der Waals surface area contributed by atoms with Crippen LogP contribution in [0.15, 0.2) is 12.2 Å². The van der Waals surface area contributed by atoms with E-state index in [-0.39, 0.29) is 5.91 Å². The fraction of sp³-hybridized carbons (Fsp3) is 0.625. The Labute approximate surface area is 61.5 Å². The smallest absolute Gasteiger partial charge is 0.249 e. The van der Waals surface area contributed by atoms with E-state index in [1.54, 1.807) is 0 Å². The molecule has 1 saturated heterocycles. The second-order valence-electron chi connectivity index (χ2n) is 2.77. The lowest BCUT2D eigenvalue weighted by atomic mass is 10.1. The molecule has 0 saturated carbocycles. The Balaban J connectivity index is 2.71. The van der Waals surface area contributed by atoms with Crippen molar-refractivity contribution in [1.82, 2.24) is 4.90 Å². The standard InChI is InChI=1S/C8H13NO/c1-4-9-5-6(2)7(3)8(9)10/h6H,3-5H2,1-2H3. The molecular formula is C8H13NO. The first-order valence-corrected chi connectivity index (χ1v) is 3.65. The summed E-state index contributed by atoms with van der Waals surface area (Å²) in [5, 5.41) is 0. The molecule has 56 valence electrons. The van der Waals surface area contributed by atoms with E-state index in [0.717, 1.165) is 18.7 Å². The first-order chi connectivity index (χ1) is 4.66. The van der Waals surface area contributed by atoms with Gasteiger partial charge in [-0.25, -0.2) is 0 Å². The maximum Gasteiger partial charge on any atom is 0.249 e. The van der Waals surface area contributed by atoms with Crippen LogP contribution < -0.4 is 0 Å². The minimum atomic E-state index is 0.134. The number of likely N-dealkylation sites (N-methyl/N-ethyl adjacent to an activating group) is 1. The zero-order chi connectivity index (χ0) is 7.72. The zero-order valence-corrected chi connectivity index (χ0v) is 6.55. The number of likely N-dealkylation sites (tertiary alicyclic amines) is 1. The molecule has 1 rings (SSSR count). The predicted molar refractivity (Wildman–Crippen MR) is 40.6 cm³/mol. The quantitative estimate of drug-likeness (QED) is 0.497. The number of carbonyl (C=O) groups excluding carboxylic acids is 1. The Bertz CT molecular complexity index is 174.